The Balaban J connectivity index is 4.03. The van der Waals surface area contributed by atoms with Crippen molar-refractivity contribution in [2.75, 3.05) is 13.2 Å². The number of carbonyl (C=O) groups excluding carboxylic acids is 3. The number of ether oxygens (including phenoxy) is 3. The van der Waals surface area contributed by atoms with Crippen molar-refractivity contribution in [3.8, 4) is 0 Å². The van der Waals surface area contributed by atoms with Gasteiger partial charge in [0.15, 0.2) is 6.10 Å². The van der Waals surface area contributed by atoms with Crippen LogP contribution in [-0.2, 0) is 28.6 Å². The van der Waals surface area contributed by atoms with Gasteiger partial charge in [-0.2, -0.15) is 0 Å². The Labute approximate surface area is 414 Å². The molecular formula is C61H104O6. The van der Waals surface area contributed by atoms with Gasteiger partial charge in [0.1, 0.15) is 13.2 Å². The highest BCUT2D eigenvalue weighted by molar-refractivity contribution is 5.71. The molecule has 6 nitrogen and oxygen atoms in total. The molecule has 1 unspecified atom stereocenters. The van der Waals surface area contributed by atoms with E-state index in [4.69, 9.17) is 14.2 Å². The van der Waals surface area contributed by atoms with E-state index >= 15 is 0 Å². The number of unbranched alkanes of at least 4 members (excludes halogenated alkanes) is 25. The summed E-state index contributed by atoms with van der Waals surface area (Å²) in [5.74, 6) is -0.898. The zero-order valence-corrected chi connectivity index (χ0v) is 43.9. The van der Waals surface area contributed by atoms with Crippen molar-refractivity contribution in [2.24, 2.45) is 0 Å². The van der Waals surface area contributed by atoms with Gasteiger partial charge >= 0.3 is 17.9 Å². The van der Waals surface area contributed by atoms with Gasteiger partial charge in [0.05, 0.1) is 0 Å². The first-order valence-corrected chi connectivity index (χ1v) is 28.1. The Morgan fingerprint density at radius 1 is 0.313 bits per heavy atom. The van der Waals surface area contributed by atoms with Crippen LogP contribution in [0, 0.1) is 0 Å². The molecule has 67 heavy (non-hydrogen) atoms. The van der Waals surface area contributed by atoms with E-state index in [1.807, 2.05) is 0 Å². The molecule has 1 atom stereocenters. The molecule has 0 radical (unpaired) electrons. The molecule has 0 aliphatic heterocycles. The fraction of sp³-hybridized carbons (Fsp3) is 0.721. The zero-order valence-electron chi connectivity index (χ0n) is 43.9. The average Bonchev–Trinajstić information content (AvgIpc) is 3.33. The molecule has 0 N–H and O–H groups in total. The standard InChI is InChI=1S/C61H104O6/c1-4-7-10-13-16-18-20-22-23-24-25-26-27-28-29-30-31-32-33-34-35-36-37-38-39-40-42-43-45-48-51-54-60(63)66-57-58(56-65-59(62)53-50-47-15-12-9-6-3)67-61(64)55-52-49-46-44-41-21-19-17-14-11-8-5-2/h7,10,16-19,22-23,25-26,28-29,31-32,58H,4-6,8-9,11-15,20-21,24,27,30,33-57H2,1-3H3/b10-7-,18-16-,19-17-,23-22-,26-25-,29-28-,32-31-. The van der Waals surface area contributed by atoms with Crippen molar-refractivity contribution in [3.05, 3.63) is 85.1 Å². The van der Waals surface area contributed by atoms with Gasteiger partial charge in [-0.15, -0.1) is 0 Å². The Kier molecular flexibility index (Phi) is 52.4. The number of carbonyl (C=O) groups is 3. The summed E-state index contributed by atoms with van der Waals surface area (Å²) in [7, 11) is 0. The first kappa shape index (κ1) is 63.6. The van der Waals surface area contributed by atoms with Gasteiger partial charge in [0.2, 0.25) is 0 Å². The summed E-state index contributed by atoms with van der Waals surface area (Å²) >= 11 is 0. The Hall–Kier alpha value is -3.41. The summed E-state index contributed by atoms with van der Waals surface area (Å²) in [5, 5.41) is 0. The van der Waals surface area contributed by atoms with Crippen molar-refractivity contribution in [1.29, 1.82) is 0 Å². The van der Waals surface area contributed by atoms with Gasteiger partial charge in [-0.05, 0) is 96.3 Å². The largest absolute Gasteiger partial charge is 0.462 e. The van der Waals surface area contributed by atoms with Gasteiger partial charge < -0.3 is 14.2 Å². The van der Waals surface area contributed by atoms with Crippen LogP contribution in [0.3, 0.4) is 0 Å². The average molecular weight is 933 g/mol. The monoisotopic (exact) mass is 933 g/mol. The van der Waals surface area contributed by atoms with Crippen LogP contribution in [-0.4, -0.2) is 37.2 Å². The van der Waals surface area contributed by atoms with Crippen LogP contribution in [0.5, 0.6) is 0 Å². The molecule has 0 saturated carbocycles. The molecular weight excluding hydrogens is 829 g/mol. The molecule has 0 aromatic heterocycles. The third-order valence-electron chi connectivity index (χ3n) is 11.9. The SMILES string of the molecule is CC/C=C\C/C=C\C/C=C\C/C=C\C/C=C\C/C=C\CCCCCCCCCCCCCCC(=O)OCC(COC(=O)CCCCCCCC)OC(=O)CCCCCCC/C=C\CCCCC. The maximum Gasteiger partial charge on any atom is 0.306 e. The zero-order chi connectivity index (χ0) is 48.6. The maximum atomic E-state index is 12.7. The van der Waals surface area contributed by atoms with Gasteiger partial charge in [-0.25, -0.2) is 0 Å². The molecule has 0 saturated heterocycles. The highest BCUT2D eigenvalue weighted by Gasteiger charge is 2.19. The van der Waals surface area contributed by atoms with E-state index in [9.17, 15) is 14.4 Å². The van der Waals surface area contributed by atoms with E-state index in [0.717, 1.165) is 109 Å². The lowest BCUT2D eigenvalue weighted by atomic mass is 10.0. The molecule has 0 aromatic carbocycles. The van der Waals surface area contributed by atoms with E-state index < -0.39 is 6.10 Å². The first-order valence-electron chi connectivity index (χ1n) is 28.1. The lowest BCUT2D eigenvalue weighted by Crippen LogP contribution is -2.30. The lowest BCUT2D eigenvalue weighted by Gasteiger charge is -2.18. The third-order valence-corrected chi connectivity index (χ3v) is 11.9. The van der Waals surface area contributed by atoms with Gasteiger partial charge in [0.25, 0.3) is 0 Å². The highest BCUT2D eigenvalue weighted by atomic mass is 16.6. The van der Waals surface area contributed by atoms with Crippen LogP contribution in [0.1, 0.15) is 265 Å². The summed E-state index contributed by atoms with van der Waals surface area (Å²) in [5.41, 5.74) is 0. The van der Waals surface area contributed by atoms with Crippen LogP contribution >= 0.6 is 0 Å². The molecule has 0 spiro atoms. The van der Waals surface area contributed by atoms with Crippen LogP contribution in [0.25, 0.3) is 0 Å². The minimum atomic E-state index is -0.776. The van der Waals surface area contributed by atoms with E-state index in [2.05, 4.69) is 106 Å². The van der Waals surface area contributed by atoms with E-state index in [1.165, 1.54) is 116 Å². The van der Waals surface area contributed by atoms with E-state index in [0.29, 0.717) is 19.3 Å². The Bertz CT molecular complexity index is 1300. The molecule has 0 aromatic rings. The quantitative estimate of drug-likeness (QED) is 0.0262. The molecule has 0 fully saturated rings. The molecule has 6 heteroatoms. The van der Waals surface area contributed by atoms with E-state index in [-0.39, 0.29) is 31.1 Å². The Morgan fingerprint density at radius 3 is 0.955 bits per heavy atom. The Morgan fingerprint density at radius 2 is 0.582 bits per heavy atom. The minimum Gasteiger partial charge on any atom is -0.462 e. The van der Waals surface area contributed by atoms with E-state index in [1.54, 1.807) is 0 Å². The van der Waals surface area contributed by atoms with Gasteiger partial charge in [-0.3, -0.25) is 14.4 Å². The van der Waals surface area contributed by atoms with Gasteiger partial charge in [0, 0.05) is 19.3 Å². The van der Waals surface area contributed by atoms with Crippen molar-refractivity contribution in [1.82, 2.24) is 0 Å². The topological polar surface area (TPSA) is 78.9 Å². The third kappa shape index (κ3) is 53.4. The number of hydrogen-bond acceptors (Lipinski definition) is 6. The maximum absolute atomic E-state index is 12.7. The van der Waals surface area contributed by atoms with Crippen LogP contribution in [0.15, 0.2) is 85.1 Å². The summed E-state index contributed by atoms with van der Waals surface area (Å²) in [6.07, 6.45) is 71.9. The summed E-state index contributed by atoms with van der Waals surface area (Å²) in [4.78, 5) is 37.7. The van der Waals surface area contributed by atoms with Gasteiger partial charge in [-0.1, -0.05) is 234 Å². The molecule has 0 rings (SSSR count). The van der Waals surface area contributed by atoms with Crippen molar-refractivity contribution < 1.29 is 28.6 Å². The fourth-order valence-electron chi connectivity index (χ4n) is 7.68. The number of esters is 3. The van der Waals surface area contributed by atoms with Crippen molar-refractivity contribution in [3.63, 3.8) is 0 Å². The molecule has 0 aliphatic rings. The number of rotatable bonds is 50. The summed E-state index contributed by atoms with van der Waals surface area (Å²) < 4.78 is 16.7. The number of allylic oxidation sites excluding steroid dienone is 14. The van der Waals surface area contributed by atoms with Crippen molar-refractivity contribution >= 4 is 17.9 Å². The second-order valence-electron chi connectivity index (χ2n) is 18.5. The lowest BCUT2D eigenvalue weighted by molar-refractivity contribution is -0.167. The second kappa shape index (κ2) is 55.2. The molecule has 0 bridgehead atoms. The molecule has 384 valence electrons. The number of hydrogen-bond donors (Lipinski definition) is 0. The second-order valence-corrected chi connectivity index (χ2v) is 18.5. The smallest absolute Gasteiger partial charge is 0.306 e. The molecule has 0 heterocycles. The highest BCUT2D eigenvalue weighted by Crippen LogP contribution is 2.15. The summed E-state index contributed by atoms with van der Waals surface area (Å²) in [6.45, 7) is 6.43. The fourth-order valence-corrected chi connectivity index (χ4v) is 7.68. The minimum absolute atomic E-state index is 0.0787. The van der Waals surface area contributed by atoms with Crippen LogP contribution in [0.4, 0.5) is 0 Å². The predicted molar refractivity (Wildman–Crippen MR) is 288 cm³/mol. The van der Waals surface area contributed by atoms with Crippen molar-refractivity contribution in [2.45, 2.75) is 271 Å². The predicted octanol–water partition coefficient (Wildman–Crippen LogP) is 18.8. The summed E-state index contributed by atoms with van der Waals surface area (Å²) in [6, 6.07) is 0. The van der Waals surface area contributed by atoms with Crippen LogP contribution in [0.2, 0.25) is 0 Å². The molecule has 0 amide bonds. The first-order chi connectivity index (χ1) is 33.0. The molecule has 0 aliphatic carbocycles. The normalized spacial score (nSPS) is 12.7. The van der Waals surface area contributed by atoms with Crippen LogP contribution < -0.4 is 0 Å².